The van der Waals surface area contributed by atoms with Gasteiger partial charge in [0.15, 0.2) is 0 Å². The molecule has 0 saturated carbocycles. The molecule has 0 N–H and O–H groups in total. The lowest BCUT2D eigenvalue weighted by molar-refractivity contribution is 0.626. The van der Waals surface area contributed by atoms with Crippen LogP contribution in [0.3, 0.4) is 0 Å². The van der Waals surface area contributed by atoms with Crippen molar-refractivity contribution in [2.24, 2.45) is 0 Å². The van der Waals surface area contributed by atoms with Gasteiger partial charge in [0.05, 0.1) is 6.54 Å². The maximum Gasteiger partial charge on any atom is 0.258 e. The van der Waals surface area contributed by atoms with Crippen LogP contribution < -0.4 is 5.56 Å². The van der Waals surface area contributed by atoms with E-state index < -0.39 is 0 Å². The van der Waals surface area contributed by atoms with Gasteiger partial charge in [0.25, 0.3) is 5.56 Å². The first kappa shape index (κ1) is 13.3. The largest absolute Gasteiger partial charge is 0.311 e. The lowest BCUT2D eigenvalue weighted by Gasteiger charge is -2.08. The normalized spacial score (nSPS) is 10.9. The summed E-state index contributed by atoms with van der Waals surface area (Å²) in [5.74, 6) is -0.269. The first-order chi connectivity index (χ1) is 9.65. The summed E-state index contributed by atoms with van der Waals surface area (Å²) in [6.07, 6.45) is 1.79. The van der Waals surface area contributed by atoms with Crippen molar-refractivity contribution in [1.29, 1.82) is 0 Å². The third kappa shape index (κ3) is 2.47. The molecule has 3 aromatic rings. The SMILES string of the molecule is O=c1c2cccc(I)c2ccn1Cc1ccc(F)cc1. The predicted molar refractivity (Wildman–Crippen MR) is 86.4 cm³/mol. The number of aromatic nitrogens is 1. The predicted octanol–water partition coefficient (Wildman–Crippen LogP) is 3.79. The molecule has 0 bridgehead atoms. The molecule has 2 nitrogen and oxygen atoms in total. The molecular weight excluding hydrogens is 368 g/mol. The molecule has 0 atom stereocenters. The topological polar surface area (TPSA) is 22.0 Å². The summed E-state index contributed by atoms with van der Waals surface area (Å²) in [4.78, 5) is 12.4. The molecule has 0 aliphatic carbocycles. The molecule has 20 heavy (non-hydrogen) atoms. The second-order valence-electron chi connectivity index (χ2n) is 4.58. The van der Waals surface area contributed by atoms with Gasteiger partial charge in [-0.1, -0.05) is 18.2 Å². The number of pyridine rings is 1. The van der Waals surface area contributed by atoms with Crippen molar-refractivity contribution in [3.05, 3.63) is 80.0 Å². The monoisotopic (exact) mass is 379 g/mol. The fourth-order valence-corrected chi connectivity index (χ4v) is 2.87. The quantitative estimate of drug-likeness (QED) is 0.621. The van der Waals surface area contributed by atoms with E-state index in [2.05, 4.69) is 22.6 Å². The van der Waals surface area contributed by atoms with E-state index in [9.17, 15) is 9.18 Å². The molecule has 0 amide bonds. The highest BCUT2D eigenvalue weighted by atomic mass is 127. The van der Waals surface area contributed by atoms with Gasteiger partial charge in [0.2, 0.25) is 0 Å². The molecule has 0 spiro atoms. The number of rotatable bonds is 2. The van der Waals surface area contributed by atoms with Crippen molar-refractivity contribution in [2.45, 2.75) is 6.54 Å². The van der Waals surface area contributed by atoms with Crippen molar-refractivity contribution in [1.82, 2.24) is 4.57 Å². The molecule has 0 unspecified atom stereocenters. The summed E-state index contributed by atoms with van der Waals surface area (Å²) in [6, 6.07) is 13.8. The van der Waals surface area contributed by atoms with Crippen molar-refractivity contribution < 1.29 is 4.39 Å². The van der Waals surface area contributed by atoms with E-state index in [4.69, 9.17) is 0 Å². The van der Waals surface area contributed by atoms with Gasteiger partial charge in [-0.2, -0.15) is 0 Å². The van der Waals surface area contributed by atoms with Crippen LogP contribution in [0.15, 0.2) is 59.5 Å². The maximum atomic E-state index is 12.9. The van der Waals surface area contributed by atoms with Crippen LogP contribution in [-0.2, 0) is 6.54 Å². The van der Waals surface area contributed by atoms with Crippen LogP contribution in [0.1, 0.15) is 5.56 Å². The van der Waals surface area contributed by atoms with Crippen molar-refractivity contribution in [3.63, 3.8) is 0 Å². The van der Waals surface area contributed by atoms with Crippen LogP contribution in [0.5, 0.6) is 0 Å². The highest BCUT2D eigenvalue weighted by molar-refractivity contribution is 14.1. The molecule has 0 radical (unpaired) electrons. The zero-order valence-electron chi connectivity index (χ0n) is 10.5. The minimum absolute atomic E-state index is 0.0228. The Balaban J connectivity index is 2.07. The first-order valence-electron chi connectivity index (χ1n) is 6.17. The summed E-state index contributed by atoms with van der Waals surface area (Å²) >= 11 is 2.22. The average molecular weight is 379 g/mol. The average Bonchev–Trinajstić information content (AvgIpc) is 2.45. The molecule has 1 heterocycles. The van der Waals surface area contributed by atoms with Gasteiger partial charge in [-0.25, -0.2) is 4.39 Å². The van der Waals surface area contributed by atoms with Gasteiger partial charge >= 0.3 is 0 Å². The number of benzene rings is 2. The molecular formula is C16H11FINO. The number of halogens is 2. The fourth-order valence-electron chi connectivity index (χ4n) is 2.19. The van der Waals surface area contributed by atoms with Crippen LogP contribution in [0.25, 0.3) is 10.8 Å². The smallest absolute Gasteiger partial charge is 0.258 e. The van der Waals surface area contributed by atoms with E-state index in [1.54, 1.807) is 22.9 Å². The minimum atomic E-state index is -0.269. The van der Waals surface area contributed by atoms with Crippen molar-refractivity contribution in [3.8, 4) is 0 Å². The molecule has 3 rings (SSSR count). The third-order valence-corrected chi connectivity index (χ3v) is 4.17. The first-order valence-corrected chi connectivity index (χ1v) is 7.25. The Hall–Kier alpha value is -1.69. The van der Waals surface area contributed by atoms with E-state index in [-0.39, 0.29) is 11.4 Å². The van der Waals surface area contributed by atoms with Gasteiger partial charge in [0, 0.05) is 20.5 Å². The van der Waals surface area contributed by atoms with E-state index in [0.717, 1.165) is 14.5 Å². The molecule has 0 aliphatic rings. The van der Waals surface area contributed by atoms with Gasteiger partial charge in [-0.15, -0.1) is 0 Å². The maximum absolute atomic E-state index is 12.9. The number of hydrogen-bond donors (Lipinski definition) is 0. The van der Waals surface area contributed by atoms with Crippen molar-refractivity contribution >= 4 is 33.4 Å². The van der Waals surface area contributed by atoms with Crippen LogP contribution in [-0.4, -0.2) is 4.57 Å². The Morgan fingerprint density at radius 1 is 1.00 bits per heavy atom. The van der Waals surface area contributed by atoms with Gasteiger partial charge in [0.1, 0.15) is 5.82 Å². The van der Waals surface area contributed by atoms with Crippen molar-refractivity contribution in [2.75, 3.05) is 0 Å². The Kier molecular flexibility index (Phi) is 3.56. The molecule has 100 valence electrons. The summed E-state index contributed by atoms with van der Waals surface area (Å²) in [5.41, 5.74) is 0.879. The number of fused-ring (bicyclic) bond motifs is 1. The molecule has 0 fully saturated rings. The number of nitrogens with zero attached hydrogens (tertiary/aromatic N) is 1. The van der Waals surface area contributed by atoms with E-state index >= 15 is 0 Å². The van der Waals surface area contributed by atoms with Gasteiger partial charge in [-0.3, -0.25) is 4.79 Å². The summed E-state index contributed by atoms with van der Waals surface area (Å²) in [7, 11) is 0. The van der Waals surface area contributed by atoms with E-state index in [1.165, 1.54) is 12.1 Å². The molecule has 0 saturated heterocycles. The number of hydrogen-bond acceptors (Lipinski definition) is 1. The van der Waals surface area contributed by atoms with E-state index in [1.807, 2.05) is 24.3 Å². The lowest BCUT2D eigenvalue weighted by Crippen LogP contribution is -2.20. The summed E-state index contributed by atoms with van der Waals surface area (Å²) in [6.45, 7) is 0.445. The minimum Gasteiger partial charge on any atom is -0.311 e. The standard InChI is InChI=1S/C16H11FINO/c17-12-6-4-11(5-7-12)10-19-9-8-13-14(16(19)20)2-1-3-15(13)18/h1-9H,10H2. The van der Waals surface area contributed by atoms with Crippen LogP contribution in [0.4, 0.5) is 4.39 Å². The summed E-state index contributed by atoms with van der Waals surface area (Å²) < 4.78 is 15.6. The Labute approximate surface area is 129 Å². The third-order valence-electron chi connectivity index (χ3n) is 3.23. The van der Waals surface area contributed by atoms with Gasteiger partial charge in [-0.05, 0) is 58.5 Å². The highest BCUT2D eigenvalue weighted by Crippen LogP contribution is 2.17. The molecule has 0 aliphatic heterocycles. The van der Waals surface area contributed by atoms with Crippen LogP contribution in [0, 0.1) is 9.39 Å². The zero-order chi connectivity index (χ0) is 14.1. The molecule has 4 heteroatoms. The second-order valence-corrected chi connectivity index (χ2v) is 5.74. The Bertz CT molecular complexity index is 824. The van der Waals surface area contributed by atoms with Crippen LogP contribution in [0.2, 0.25) is 0 Å². The molecule has 2 aromatic carbocycles. The van der Waals surface area contributed by atoms with E-state index in [0.29, 0.717) is 11.9 Å². The Morgan fingerprint density at radius 2 is 1.75 bits per heavy atom. The fraction of sp³-hybridized carbons (Fsp3) is 0.0625. The summed E-state index contributed by atoms with van der Waals surface area (Å²) in [5, 5.41) is 1.68. The second kappa shape index (κ2) is 5.36. The van der Waals surface area contributed by atoms with Gasteiger partial charge < -0.3 is 4.57 Å². The lowest BCUT2D eigenvalue weighted by atomic mass is 10.1. The zero-order valence-corrected chi connectivity index (χ0v) is 12.7. The van der Waals surface area contributed by atoms with Crippen LogP contribution >= 0.6 is 22.6 Å². The molecule has 1 aromatic heterocycles. The highest BCUT2D eigenvalue weighted by Gasteiger charge is 2.05. The Morgan fingerprint density at radius 3 is 2.50 bits per heavy atom.